The summed E-state index contributed by atoms with van der Waals surface area (Å²) in [6, 6.07) is 7.97. The van der Waals surface area contributed by atoms with Crippen molar-refractivity contribution in [2.24, 2.45) is 5.41 Å². The monoisotopic (exact) mass is 259 g/mol. The number of benzene rings is 1. The van der Waals surface area contributed by atoms with E-state index in [1.807, 2.05) is 18.2 Å². The molecule has 3 rings (SSSR count). The largest absolute Gasteiger partial charge is 0.493 e. The maximum atomic E-state index is 10.6. The van der Waals surface area contributed by atoms with Crippen molar-refractivity contribution in [3.05, 3.63) is 29.3 Å². The van der Waals surface area contributed by atoms with Crippen molar-refractivity contribution in [3.8, 4) is 11.8 Å². The van der Waals surface area contributed by atoms with E-state index in [0.29, 0.717) is 26.2 Å². The van der Waals surface area contributed by atoms with Crippen LogP contribution in [-0.4, -0.2) is 24.9 Å². The first-order valence-electron chi connectivity index (χ1n) is 6.68. The number of aliphatic hydroxyl groups is 1. The maximum Gasteiger partial charge on any atom is 0.122 e. The van der Waals surface area contributed by atoms with Crippen molar-refractivity contribution in [1.82, 2.24) is 0 Å². The number of hydrogen-bond donors (Lipinski definition) is 1. The normalized spacial score (nSPS) is 27.2. The molecular weight excluding hydrogens is 242 g/mol. The van der Waals surface area contributed by atoms with E-state index in [9.17, 15) is 10.4 Å². The summed E-state index contributed by atoms with van der Waals surface area (Å²) in [5, 5.41) is 20.0. The molecule has 4 heteroatoms. The third kappa shape index (κ3) is 2.09. The van der Waals surface area contributed by atoms with Crippen LogP contribution in [0.1, 0.15) is 30.1 Å². The number of nitriles is 1. The van der Waals surface area contributed by atoms with Gasteiger partial charge in [0.15, 0.2) is 0 Å². The molecule has 0 aromatic heterocycles. The molecule has 0 radical (unpaired) electrons. The molecule has 0 aliphatic carbocycles. The fourth-order valence-electron chi connectivity index (χ4n) is 2.88. The molecule has 0 amide bonds. The van der Waals surface area contributed by atoms with E-state index < -0.39 is 11.5 Å². The standard InChI is InChI=1S/C15H17NO3/c16-9-15(5-1-6-18-10-15)14(17)12-2-3-13-11(8-12)4-7-19-13/h2-3,8,14,17H,1,4-7,10H2. The van der Waals surface area contributed by atoms with Crippen LogP contribution in [0, 0.1) is 16.7 Å². The summed E-state index contributed by atoms with van der Waals surface area (Å²) in [4.78, 5) is 0. The first-order valence-corrected chi connectivity index (χ1v) is 6.68. The molecule has 1 aromatic rings. The van der Waals surface area contributed by atoms with Gasteiger partial charge in [0.05, 0.1) is 25.4 Å². The molecule has 2 unspecified atom stereocenters. The van der Waals surface area contributed by atoms with Crippen LogP contribution in [0.15, 0.2) is 18.2 Å². The summed E-state index contributed by atoms with van der Waals surface area (Å²) in [6.07, 6.45) is 1.56. The number of fused-ring (bicyclic) bond motifs is 1. The lowest BCUT2D eigenvalue weighted by Crippen LogP contribution is -2.36. The van der Waals surface area contributed by atoms with Gasteiger partial charge in [-0.3, -0.25) is 0 Å². The van der Waals surface area contributed by atoms with Crippen molar-refractivity contribution in [3.63, 3.8) is 0 Å². The van der Waals surface area contributed by atoms with E-state index in [0.717, 1.165) is 29.7 Å². The summed E-state index contributed by atoms with van der Waals surface area (Å²) in [6.45, 7) is 1.67. The van der Waals surface area contributed by atoms with Gasteiger partial charge >= 0.3 is 0 Å². The number of aliphatic hydroxyl groups excluding tert-OH is 1. The van der Waals surface area contributed by atoms with E-state index in [2.05, 4.69) is 6.07 Å². The van der Waals surface area contributed by atoms with Gasteiger partial charge in [-0.1, -0.05) is 6.07 Å². The lowest BCUT2D eigenvalue weighted by Gasteiger charge is -2.35. The minimum atomic E-state index is -0.814. The molecule has 0 saturated carbocycles. The van der Waals surface area contributed by atoms with Gasteiger partial charge in [0.25, 0.3) is 0 Å². The number of rotatable bonds is 2. The second-order valence-electron chi connectivity index (χ2n) is 5.29. The minimum absolute atomic E-state index is 0.304. The Morgan fingerprint density at radius 2 is 2.26 bits per heavy atom. The zero-order valence-electron chi connectivity index (χ0n) is 10.8. The van der Waals surface area contributed by atoms with E-state index in [1.54, 1.807) is 0 Å². The van der Waals surface area contributed by atoms with Crippen LogP contribution >= 0.6 is 0 Å². The highest BCUT2D eigenvalue weighted by molar-refractivity contribution is 5.41. The van der Waals surface area contributed by atoms with Crippen molar-refractivity contribution in [1.29, 1.82) is 5.26 Å². The molecule has 1 N–H and O–H groups in total. The van der Waals surface area contributed by atoms with Gasteiger partial charge in [0, 0.05) is 13.0 Å². The van der Waals surface area contributed by atoms with Crippen LogP contribution in [-0.2, 0) is 11.2 Å². The van der Waals surface area contributed by atoms with Crippen LogP contribution in [0.25, 0.3) is 0 Å². The van der Waals surface area contributed by atoms with Gasteiger partial charge in [0.1, 0.15) is 11.2 Å². The second-order valence-corrected chi connectivity index (χ2v) is 5.29. The Morgan fingerprint density at radius 1 is 1.37 bits per heavy atom. The van der Waals surface area contributed by atoms with Gasteiger partial charge in [-0.2, -0.15) is 5.26 Å². The van der Waals surface area contributed by atoms with Gasteiger partial charge < -0.3 is 14.6 Å². The van der Waals surface area contributed by atoms with Crippen molar-refractivity contribution in [2.75, 3.05) is 19.8 Å². The lowest BCUT2D eigenvalue weighted by molar-refractivity contribution is -0.0506. The molecule has 4 nitrogen and oxygen atoms in total. The maximum absolute atomic E-state index is 10.6. The third-order valence-corrected chi connectivity index (χ3v) is 4.05. The van der Waals surface area contributed by atoms with Gasteiger partial charge in [0.2, 0.25) is 0 Å². The Morgan fingerprint density at radius 3 is 3.00 bits per heavy atom. The Bertz CT molecular complexity index is 515. The van der Waals surface area contributed by atoms with E-state index in [4.69, 9.17) is 9.47 Å². The summed E-state index contributed by atoms with van der Waals surface area (Å²) < 4.78 is 10.9. The smallest absolute Gasteiger partial charge is 0.122 e. The van der Waals surface area contributed by atoms with Crippen molar-refractivity contribution in [2.45, 2.75) is 25.4 Å². The molecule has 19 heavy (non-hydrogen) atoms. The molecule has 2 heterocycles. The van der Waals surface area contributed by atoms with Gasteiger partial charge in [-0.25, -0.2) is 0 Å². The summed E-state index contributed by atoms with van der Waals surface area (Å²) in [5.41, 5.74) is 1.09. The predicted octanol–water partition coefficient (Wildman–Crippen LogP) is 1.98. The number of hydrogen-bond acceptors (Lipinski definition) is 4. The molecule has 2 aliphatic rings. The SMILES string of the molecule is N#CC1(C(O)c2ccc3c(c2)CCO3)CCCOC1. The first-order chi connectivity index (χ1) is 9.25. The third-order valence-electron chi connectivity index (χ3n) is 4.05. The van der Waals surface area contributed by atoms with Crippen molar-refractivity contribution >= 4 is 0 Å². The van der Waals surface area contributed by atoms with E-state index in [1.165, 1.54) is 0 Å². The summed E-state index contributed by atoms with van der Waals surface area (Å²) >= 11 is 0. The van der Waals surface area contributed by atoms with E-state index >= 15 is 0 Å². The Hall–Kier alpha value is -1.57. The minimum Gasteiger partial charge on any atom is -0.493 e. The van der Waals surface area contributed by atoms with Gasteiger partial charge in [-0.15, -0.1) is 0 Å². The molecule has 1 saturated heterocycles. The summed E-state index contributed by atoms with van der Waals surface area (Å²) in [5.74, 6) is 0.891. The van der Waals surface area contributed by atoms with Crippen LogP contribution in [0.5, 0.6) is 5.75 Å². The Kier molecular flexibility index (Phi) is 3.17. The highest BCUT2D eigenvalue weighted by Gasteiger charge is 2.41. The fourth-order valence-corrected chi connectivity index (χ4v) is 2.88. The fraction of sp³-hybridized carbons (Fsp3) is 0.533. The highest BCUT2D eigenvalue weighted by Crippen LogP contribution is 2.41. The van der Waals surface area contributed by atoms with Crippen LogP contribution in [0.4, 0.5) is 0 Å². The van der Waals surface area contributed by atoms with E-state index in [-0.39, 0.29) is 0 Å². The number of nitrogens with zero attached hydrogens (tertiary/aromatic N) is 1. The first kappa shape index (κ1) is 12.5. The molecule has 2 aliphatic heterocycles. The van der Waals surface area contributed by atoms with Gasteiger partial charge in [-0.05, 0) is 36.1 Å². The van der Waals surface area contributed by atoms with Crippen LogP contribution in [0.3, 0.4) is 0 Å². The van der Waals surface area contributed by atoms with Crippen LogP contribution < -0.4 is 4.74 Å². The summed E-state index contributed by atoms with van der Waals surface area (Å²) in [7, 11) is 0. The Labute approximate surface area is 112 Å². The average molecular weight is 259 g/mol. The molecule has 2 atom stereocenters. The lowest BCUT2D eigenvalue weighted by atomic mass is 9.76. The molecule has 0 bridgehead atoms. The zero-order chi connectivity index (χ0) is 13.3. The topological polar surface area (TPSA) is 62.5 Å². The molecule has 0 spiro atoms. The molecule has 1 aromatic carbocycles. The Balaban J connectivity index is 1.90. The van der Waals surface area contributed by atoms with Crippen LogP contribution in [0.2, 0.25) is 0 Å². The molecular formula is C15H17NO3. The zero-order valence-corrected chi connectivity index (χ0v) is 10.8. The molecule has 100 valence electrons. The quantitative estimate of drug-likeness (QED) is 0.882. The second kappa shape index (κ2) is 4.84. The van der Waals surface area contributed by atoms with Crippen molar-refractivity contribution < 1.29 is 14.6 Å². The average Bonchev–Trinajstić information content (AvgIpc) is 2.94. The predicted molar refractivity (Wildman–Crippen MR) is 68.7 cm³/mol. The molecule has 1 fully saturated rings. The number of ether oxygens (including phenoxy) is 2. The highest BCUT2D eigenvalue weighted by atomic mass is 16.5.